The van der Waals surface area contributed by atoms with E-state index < -0.39 is 10.5 Å². The molecule has 0 aliphatic rings. The van der Waals surface area contributed by atoms with Crippen molar-refractivity contribution in [3.8, 4) is 5.75 Å². The number of amides is 1. The maximum Gasteiger partial charge on any atom is 0.269 e. The highest BCUT2D eigenvalue weighted by Gasteiger charge is 2.22. The molecule has 21 heavy (non-hydrogen) atoms. The minimum atomic E-state index is -0.900. The number of carbonyl (C=O) groups is 1. The fraction of sp³-hybridized carbons (Fsp3) is 0.500. The lowest BCUT2D eigenvalue weighted by atomic mass is 9.98. The van der Waals surface area contributed by atoms with Gasteiger partial charge in [-0.3, -0.25) is 14.9 Å². The first-order valence-electron chi connectivity index (χ1n) is 6.76. The van der Waals surface area contributed by atoms with Gasteiger partial charge in [0.25, 0.3) is 11.6 Å². The first kappa shape index (κ1) is 16.9. The van der Waals surface area contributed by atoms with Gasteiger partial charge in [0, 0.05) is 18.7 Å². The van der Waals surface area contributed by atoms with Crippen LogP contribution in [0.2, 0.25) is 0 Å². The number of non-ortho nitro benzene ring substituents is 1. The van der Waals surface area contributed by atoms with Crippen LogP contribution in [0.25, 0.3) is 0 Å². The van der Waals surface area contributed by atoms with Crippen LogP contribution in [-0.2, 0) is 4.79 Å². The van der Waals surface area contributed by atoms with Gasteiger partial charge in [0.1, 0.15) is 5.75 Å². The molecule has 0 radical (unpaired) electrons. The van der Waals surface area contributed by atoms with Crippen LogP contribution in [-0.4, -0.2) is 34.7 Å². The van der Waals surface area contributed by atoms with Gasteiger partial charge < -0.3 is 15.2 Å². The largest absolute Gasteiger partial charge is 0.484 e. The van der Waals surface area contributed by atoms with Gasteiger partial charge in [-0.2, -0.15) is 0 Å². The van der Waals surface area contributed by atoms with E-state index in [2.05, 4.69) is 5.32 Å². The van der Waals surface area contributed by atoms with Crippen LogP contribution in [0.5, 0.6) is 5.75 Å². The van der Waals surface area contributed by atoms with Crippen molar-refractivity contribution < 1.29 is 19.6 Å². The van der Waals surface area contributed by atoms with Gasteiger partial charge in [-0.05, 0) is 25.0 Å². The molecule has 1 amide bonds. The monoisotopic (exact) mass is 296 g/mol. The molecular weight excluding hydrogens is 276 g/mol. The Balaban J connectivity index is 2.41. The number of nitro benzene ring substituents is 1. The highest BCUT2D eigenvalue weighted by Crippen LogP contribution is 2.17. The molecule has 0 aliphatic heterocycles. The van der Waals surface area contributed by atoms with Crippen molar-refractivity contribution in [1.82, 2.24) is 5.32 Å². The summed E-state index contributed by atoms with van der Waals surface area (Å²) < 4.78 is 5.22. The Morgan fingerprint density at radius 3 is 2.38 bits per heavy atom. The van der Waals surface area contributed by atoms with Crippen LogP contribution in [0.4, 0.5) is 5.69 Å². The third-order valence-electron chi connectivity index (χ3n) is 3.35. The van der Waals surface area contributed by atoms with Gasteiger partial charge in [0.2, 0.25) is 0 Å². The third-order valence-corrected chi connectivity index (χ3v) is 3.35. The molecule has 1 aromatic rings. The van der Waals surface area contributed by atoms with Gasteiger partial charge in [-0.1, -0.05) is 13.8 Å². The number of ether oxygens (including phenoxy) is 1. The number of nitrogens with one attached hydrogen (secondary N) is 1. The number of benzene rings is 1. The number of nitro groups is 1. The van der Waals surface area contributed by atoms with E-state index in [9.17, 15) is 20.0 Å². The molecule has 0 atom stereocenters. The average Bonchev–Trinajstić information content (AvgIpc) is 2.51. The van der Waals surface area contributed by atoms with Gasteiger partial charge in [-0.15, -0.1) is 0 Å². The summed E-state index contributed by atoms with van der Waals surface area (Å²) in [6.07, 6.45) is 1.10. The number of rotatable bonds is 8. The zero-order chi connectivity index (χ0) is 15.9. The van der Waals surface area contributed by atoms with E-state index in [4.69, 9.17) is 4.74 Å². The first-order valence-corrected chi connectivity index (χ1v) is 6.76. The van der Waals surface area contributed by atoms with Crippen LogP contribution in [0, 0.1) is 10.1 Å². The Hall–Kier alpha value is -2.15. The highest BCUT2D eigenvalue weighted by atomic mass is 16.6. The summed E-state index contributed by atoms with van der Waals surface area (Å²) in [6, 6.07) is 5.47. The molecule has 7 heteroatoms. The molecule has 0 heterocycles. The summed E-state index contributed by atoms with van der Waals surface area (Å²) in [5.41, 5.74) is -0.939. The highest BCUT2D eigenvalue weighted by molar-refractivity contribution is 5.77. The summed E-state index contributed by atoms with van der Waals surface area (Å²) in [4.78, 5) is 21.6. The summed E-state index contributed by atoms with van der Waals surface area (Å²) in [7, 11) is 0. The molecule has 0 aliphatic carbocycles. The molecule has 0 saturated heterocycles. The molecule has 0 fully saturated rings. The second-order valence-corrected chi connectivity index (χ2v) is 4.75. The third kappa shape index (κ3) is 5.39. The standard InChI is InChI=1S/C14H20N2O5/c1-3-14(18,4-2)10-15-13(17)9-21-12-7-5-11(6-8-12)16(19)20/h5-8,18H,3-4,9-10H2,1-2H3,(H,15,17). The summed E-state index contributed by atoms with van der Waals surface area (Å²) in [5, 5.41) is 23.1. The second kappa shape index (κ2) is 7.58. The molecular formula is C14H20N2O5. The van der Waals surface area contributed by atoms with Crippen molar-refractivity contribution in [2.24, 2.45) is 0 Å². The number of aliphatic hydroxyl groups is 1. The fourth-order valence-corrected chi connectivity index (χ4v) is 1.63. The minimum Gasteiger partial charge on any atom is -0.484 e. The van der Waals surface area contributed by atoms with Crippen molar-refractivity contribution >= 4 is 11.6 Å². The van der Waals surface area contributed by atoms with Crippen molar-refractivity contribution in [3.05, 3.63) is 34.4 Å². The number of hydrogen-bond acceptors (Lipinski definition) is 5. The van der Waals surface area contributed by atoms with Crippen LogP contribution >= 0.6 is 0 Å². The van der Waals surface area contributed by atoms with Crippen molar-refractivity contribution in [2.45, 2.75) is 32.3 Å². The smallest absolute Gasteiger partial charge is 0.269 e. The van der Waals surface area contributed by atoms with Crippen LogP contribution in [0.3, 0.4) is 0 Å². The summed E-state index contributed by atoms with van der Waals surface area (Å²) in [6.45, 7) is 3.66. The van der Waals surface area contributed by atoms with Crippen LogP contribution in [0.1, 0.15) is 26.7 Å². The molecule has 0 spiro atoms. The lowest BCUT2D eigenvalue weighted by Gasteiger charge is -2.25. The van der Waals surface area contributed by atoms with E-state index >= 15 is 0 Å². The average molecular weight is 296 g/mol. The van der Waals surface area contributed by atoms with Crippen LogP contribution in [0.15, 0.2) is 24.3 Å². The second-order valence-electron chi connectivity index (χ2n) is 4.75. The maximum atomic E-state index is 11.6. The molecule has 2 N–H and O–H groups in total. The molecule has 1 rings (SSSR count). The van der Waals surface area contributed by atoms with Gasteiger partial charge in [0.05, 0.1) is 10.5 Å². The first-order chi connectivity index (χ1) is 9.90. The Bertz CT molecular complexity index is 483. The molecule has 0 unspecified atom stereocenters. The van der Waals surface area contributed by atoms with Gasteiger partial charge in [0.15, 0.2) is 6.61 Å². The molecule has 7 nitrogen and oxygen atoms in total. The lowest BCUT2D eigenvalue weighted by molar-refractivity contribution is -0.384. The molecule has 0 bridgehead atoms. The van der Waals surface area contributed by atoms with Crippen molar-refractivity contribution in [2.75, 3.05) is 13.2 Å². The molecule has 0 aromatic heterocycles. The molecule has 1 aromatic carbocycles. The maximum absolute atomic E-state index is 11.6. The molecule has 116 valence electrons. The van der Waals surface area contributed by atoms with E-state index in [1.807, 2.05) is 13.8 Å². The van der Waals surface area contributed by atoms with Gasteiger partial charge in [-0.25, -0.2) is 0 Å². The quantitative estimate of drug-likeness (QED) is 0.561. The lowest BCUT2D eigenvalue weighted by Crippen LogP contribution is -2.43. The van der Waals surface area contributed by atoms with Crippen molar-refractivity contribution in [3.63, 3.8) is 0 Å². The number of hydrogen-bond donors (Lipinski definition) is 2. The van der Waals surface area contributed by atoms with E-state index in [0.29, 0.717) is 18.6 Å². The Labute approximate surface area is 123 Å². The minimum absolute atomic E-state index is 0.0391. The normalized spacial score (nSPS) is 11.0. The Morgan fingerprint density at radius 1 is 1.33 bits per heavy atom. The van der Waals surface area contributed by atoms with Gasteiger partial charge >= 0.3 is 0 Å². The Kier molecular flexibility index (Phi) is 6.10. The summed E-state index contributed by atoms with van der Waals surface area (Å²) in [5.74, 6) is 0.0191. The zero-order valence-electron chi connectivity index (χ0n) is 12.2. The number of nitrogens with zero attached hydrogens (tertiary/aromatic N) is 1. The molecule has 0 saturated carbocycles. The van der Waals surface area contributed by atoms with E-state index in [1.165, 1.54) is 24.3 Å². The van der Waals surface area contributed by atoms with Crippen molar-refractivity contribution in [1.29, 1.82) is 0 Å². The zero-order valence-corrected chi connectivity index (χ0v) is 12.2. The predicted octanol–water partition coefficient (Wildman–Crippen LogP) is 1.64. The summed E-state index contributed by atoms with van der Waals surface area (Å²) >= 11 is 0. The van der Waals surface area contributed by atoms with Crippen LogP contribution < -0.4 is 10.1 Å². The Morgan fingerprint density at radius 2 is 1.90 bits per heavy atom. The fourth-order valence-electron chi connectivity index (χ4n) is 1.63. The topological polar surface area (TPSA) is 102 Å². The van der Waals surface area contributed by atoms with E-state index in [-0.39, 0.29) is 24.7 Å². The predicted molar refractivity (Wildman–Crippen MR) is 77.1 cm³/mol. The number of carbonyl (C=O) groups excluding carboxylic acids is 1. The van der Waals surface area contributed by atoms with E-state index in [1.54, 1.807) is 0 Å². The SMILES string of the molecule is CCC(O)(CC)CNC(=O)COc1ccc([N+](=O)[O-])cc1. The van der Waals surface area contributed by atoms with E-state index in [0.717, 1.165) is 0 Å².